The van der Waals surface area contributed by atoms with E-state index in [4.69, 9.17) is 4.74 Å². The molecule has 2 N–H and O–H groups in total. The predicted molar refractivity (Wildman–Crippen MR) is 125 cm³/mol. The Labute approximate surface area is 198 Å². The lowest BCUT2D eigenvalue weighted by Crippen LogP contribution is -2.49. The van der Waals surface area contributed by atoms with Crippen molar-refractivity contribution in [1.82, 2.24) is 15.2 Å². The maximum absolute atomic E-state index is 13.6. The van der Waals surface area contributed by atoms with Gasteiger partial charge in [0, 0.05) is 29.8 Å². The van der Waals surface area contributed by atoms with Crippen LogP contribution in [0, 0.1) is 29.1 Å². The van der Waals surface area contributed by atoms with Gasteiger partial charge in [-0.2, -0.15) is 5.26 Å². The SMILES string of the molecule is COc1cccc2[nH]c(C(=O)N3C[C@H](C4CC4)C[C@H]3C(=O)N[C@H](C#N)C[C@@H]3CCCC3=O)cc12. The van der Waals surface area contributed by atoms with Crippen molar-refractivity contribution in [1.29, 1.82) is 5.26 Å². The number of rotatable bonds is 7. The number of amides is 2. The number of likely N-dealkylation sites (tertiary alicyclic amines) is 1. The highest BCUT2D eigenvalue weighted by Gasteiger charge is 2.46. The molecule has 34 heavy (non-hydrogen) atoms. The van der Waals surface area contributed by atoms with Crippen LogP contribution in [-0.4, -0.2) is 53.2 Å². The maximum Gasteiger partial charge on any atom is 0.270 e. The molecule has 0 radical (unpaired) electrons. The number of aromatic amines is 1. The third-order valence-corrected chi connectivity index (χ3v) is 7.68. The molecule has 1 aromatic carbocycles. The molecule has 5 rings (SSSR count). The van der Waals surface area contributed by atoms with Crippen LogP contribution in [0.4, 0.5) is 0 Å². The molecule has 1 aromatic heterocycles. The number of nitriles is 1. The highest BCUT2D eigenvalue weighted by Crippen LogP contribution is 2.43. The highest BCUT2D eigenvalue weighted by molar-refractivity contribution is 6.01. The second kappa shape index (κ2) is 9.13. The Balaban J connectivity index is 1.35. The number of nitrogens with zero attached hydrogens (tertiary/aromatic N) is 2. The molecule has 2 amide bonds. The number of ketones is 1. The molecule has 1 saturated heterocycles. The first kappa shape index (κ1) is 22.5. The molecule has 8 heteroatoms. The van der Waals surface area contributed by atoms with E-state index in [0.29, 0.717) is 43.2 Å². The van der Waals surface area contributed by atoms with E-state index >= 15 is 0 Å². The second-order valence-electron chi connectivity index (χ2n) is 9.89. The molecule has 3 fully saturated rings. The van der Waals surface area contributed by atoms with Crippen molar-refractivity contribution >= 4 is 28.5 Å². The Kier molecular flexibility index (Phi) is 6.03. The monoisotopic (exact) mass is 462 g/mol. The van der Waals surface area contributed by atoms with Crippen molar-refractivity contribution in [2.75, 3.05) is 13.7 Å². The zero-order chi connectivity index (χ0) is 23.8. The van der Waals surface area contributed by atoms with E-state index in [1.165, 1.54) is 0 Å². The van der Waals surface area contributed by atoms with Crippen molar-refractivity contribution in [2.24, 2.45) is 17.8 Å². The molecule has 8 nitrogen and oxygen atoms in total. The summed E-state index contributed by atoms with van der Waals surface area (Å²) in [6.45, 7) is 0.534. The number of carbonyl (C=O) groups is 3. The Bertz CT molecular complexity index is 1160. The molecular formula is C26H30N4O4. The van der Waals surface area contributed by atoms with Crippen LogP contribution in [-0.2, 0) is 9.59 Å². The van der Waals surface area contributed by atoms with Crippen molar-refractivity contribution in [3.63, 3.8) is 0 Å². The lowest BCUT2D eigenvalue weighted by atomic mass is 9.97. The number of benzene rings is 1. The molecule has 0 spiro atoms. The van der Waals surface area contributed by atoms with E-state index < -0.39 is 12.1 Å². The molecule has 0 bridgehead atoms. The number of Topliss-reactive ketones (excluding diaryl/α,β-unsaturated/α-hetero) is 1. The summed E-state index contributed by atoms with van der Waals surface area (Å²) in [5, 5.41) is 13.3. The number of hydrogen-bond acceptors (Lipinski definition) is 5. The van der Waals surface area contributed by atoms with Gasteiger partial charge in [0.1, 0.15) is 29.3 Å². The third-order valence-electron chi connectivity index (χ3n) is 7.68. The van der Waals surface area contributed by atoms with E-state index in [1.807, 2.05) is 18.2 Å². The summed E-state index contributed by atoms with van der Waals surface area (Å²) >= 11 is 0. The smallest absolute Gasteiger partial charge is 0.270 e. The molecule has 1 aliphatic heterocycles. The van der Waals surface area contributed by atoms with Crippen molar-refractivity contribution in [3.05, 3.63) is 30.0 Å². The van der Waals surface area contributed by atoms with Crippen LogP contribution in [0.5, 0.6) is 5.75 Å². The molecule has 178 valence electrons. The first-order chi connectivity index (χ1) is 16.5. The van der Waals surface area contributed by atoms with Crippen LogP contribution in [0.3, 0.4) is 0 Å². The van der Waals surface area contributed by atoms with Crippen LogP contribution in [0.15, 0.2) is 24.3 Å². The summed E-state index contributed by atoms with van der Waals surface area (Å²) in [5.74, 6) is 1.01. The molecule has 0 unspecified atom stereocenters. The summed E-state index contributed by atoms with van der Waals surface area (Å²) in [5.41, 5.74) is 1.22. The Morgan fingerprint density at radius 1 is 1.29 bits per heavy atom. The average Bonchev–Trinajstić information content (AvgIpc) is 3.25. The fourth-order valence-electron chi connectivity index (χ4n) is 5.66. The van der Waals surface area contributed by atoms with Gasteiger partial charge in [-0.1, -0.05) is 6.07 Å². The zero-order valence-electron chi connectivity index (χ0n) is 19.4. The molecule has 3 aliphatic rings. The number of H-pyrrole nitrogens is 1. The van der Waals surface area contributed by atoms with E-state index in [2.05, 4.69) is 16.4 Å². The molecule has 4 atom stereocenters. The van der Waals surface area contributed by atoms with Crippen molar-refractivity contribution in [2.45, 2.75) is 57.0 Å². The van der Waals surface area contributed by atoms with Gasteiger partial charge in [0.15, 0.2) is 0 Å². The maximum atomic E-state index is 13.6. The highest BCUT2D eigenvalue weighted by atomic mass is 16.5. The van der Waals surface area contributed by atoms with E-state index in [9.17, 15) is 19.6 Å². The third kappa shape index (κ3) is 4.27. The van der Waals surface area contributed by atoms with Crippen LogP contribution >= 0.6 is 0 Å². The van der Waals surface area contributed by atoms with Crippen molar-refractivity contribution in [3.8, 4) is 11.8 Å². The van der Waals surface area contributed by atoms with Gasteiger partial charge < -0.3 is 19.9 Å². The summed E-state index contributed by atoms with van der Waals surface area (Å²) in [4.78, 5) is 43.7. The fourth-order valence-corrected chi connectivity index (χ4v) is 5.66. The number of methoxy groups -OCH3 is 1. The first-order valence-corrected chi connectivity index (χ1v) is 12.2. The van der Waals surface area contributed by atoms with Gasteiger partial charge in [0.2, 0.25) is 5.91 Å². The number of fused-ring (bicyclic) bond motifs is 1. The van der Waals surface area contributed by atoms with E-state index in [1.54, 1.807) is 18.1 Å². The minimum atomic E-state index is -0.728. The Morgan fingerprint density at radius 2 is 2.12 bits per heavy atom. The van der Waals surface area contributed by atoms with Gasteiger partial charge in [0.25, 0.3) is 5.91 Å². The number of aromatic nitrogens is 1. The summed E-state index contributed by atoms with van der Waals surface area (Å²) in [7, 11) is 1.59. The minimum Gasteiger partial charge on any atom is -0.496 e. The standard InChI is InChI=1S/C26H30N4O4/c1-34-24-7-3-5-20-19(24)12-21(29-20)26(33)30-14-17(15-8-9-15)11-22(30)25(32)28-18(13-27)10-16-4-2-6-23(16)31/h3,5,7,12,15-18,22,29H,2,4,6,8-11,14H2,1H3,(H,28,32)/t16-,17+,18-,22-/m0/s1. The van der Waals surface area contributed by atoms with Crippen molar-refractivity contribution < 1.29 is 19.1 Å². The average molecular weight is 463 g/mol. The van der Waals surface area contributed by atoms with Gasteiger partial charge in [-0.15, -0.1) is 0 Å². The van der Waals surface area contributed by atoms with Crippen LogP contribution in [0.2, 0.25) is 0 Å². The molecule has 2 heterocycles. The summed E-state index contributed by atoms with van der Waals surface area (Å²) in [6, 6.07) is 8.16. The Morgan fingerprint density at radius 3 is 2.79 bits per heavy atom. The predicted octanol–water partition coefficient (Wildman–Crippen LogP) is 3.18. The van der Waals surface area contributed by atoms with Crippen LogP contribution < -0.4 is 10.1 Å². The zero-order valence-corrected chi connectivity index (χ0v) is 19.4. The van der Waals surface area contributed by atoms with Gasteiger partial charge in [-0.25, -0.2) is 0 Å². The topological polar surface area (TPSA) is 115 Å². The number of ether oxygens (including phenoxy) is 1. The quantitative estimate of drug-likeness (QED) is 0.656. The number of hydrogen-bond donors (Lipinski definition) is 2. The number of carbonyl (C=O) groups excluding carboxylic acids is 3. The van der Waals surface area contributed by atoms with E-state index in [0.717, 1.165) is 36.6 Å². The second-order valence-corrected chi connectivity index (χ2v) is 9.89. The minimum absolute atomic E-state index is 0.160. The van der Waals surface area contributed by atoms with E-state index in [-0.39, 0.29) is 29.4 Å². The number of nitrogens with one attached hydrogen (secondary N) is 2. The van der Waals surface area contributed by atoms with Crippen LogP contribution in [0.1, 0.15) is 55.4 Å². The normalized spacial score (nSPS) is 25.4. The molecule has 2 aromatic rings. The Hall–Kier alpha value is -3.34. The molecular weight excluding hydrogens is 432 g/mol. The van der Waals surface area contributed by atoms with Gasteiger partial charge in [-0.05, 0) is 68.6 Å². The summed E-state index contributed by atoms with van der Waals surface area (Å²) < 4.78 is 5.42. The fraction of sp³-hybridized carbons (Fsp3) is 0.538. The summed E-state index contributed by atoms with van der Waals surface area (Å²) in [6.07, 6.45) is 5.39. The lowest BCUT2D eigenvalue weighted by molar-refractivity contribution is -0.126. The first-order valence-electron chi connectivity index (χ1n) is 12.2. The van der Waals surface area contributed by atoms with Crippen LogP contribution in [0.25, 0.3) is 10.9 Å². The lowest BCUT2D eigenvalue weighted by Gasteiger charge is -2.25. The van der Waals surface area contributed by atoms with Gasteiger partial charge in [-0.3, -0.25) is 14.4 Å². The largest absolute Gasteiger partial charge is 0.496 e. The van der Waals surface area contributed by atoms with Gasteiger partial charge >= 0.3 is 0 Å². The van der Waals surface area contributed by atoms with Gasteiger partial charge in [0.05, 0.1) is 13.2 Å². The molecule has 2 aliphatic carbocycles. The molecule has 2 saturated carbocycles.